The summed E-state index contributed by atoms with van der Waals surface area (Å²) in [4.78, 5) is 24.6. The lowest BCUT2D eigenvalue weighted by atomic mass is 9.86. The molecule has 29 heavy (non-hydrogen) atoms. The molecule has 0 radical (unpaired) electrons. The molecule has 1 aliphatic heterocycles. The van der Waals surface area contributed by atoms with Crippen LogP contribution in [0.15, 0.2) is 48.5 Å². The minimum absolute atomic E-state index is 0.136. The predicted molar refractivity (Wildman–Crippen MR) is 115 cm³/mol. The molecule has 0 spiro atoms. The van der Waals surface area contributed by atoms with Crippen LogP contribution in [0.5, 0.6) is 0 Å². The van der Waals surface area contributed by atoms with Crippen molar-refractivity contribution in [2.45, 2.75) is 51.6 Å². The molecule has 0 saturated carbocycles. The van der Waals surface area contributed by atoms with E-state index >= 15 is 0 Å². The lowest BCUT2D eigenvalue weighted by molar-refractivity contribution is -0.124. The number of amides is 2. The van der Waals surface area contributed by atoms with Gasteiger partial charge in [-0.1, -0.05) is 51.1 Å². The molecule has 0 aliphatic carbocycles. The quantitative estimate of drug-likeness (QED) is 0.776. The predicted octanol–water partition coefficient (Wildman–Crippen LogP) is 4.07. The summed E-state index contributed by atoms with van der Waals surface area (Å²) in [6.07, 6.45) is 2.02. The highest BCUT2D eigenvalue weighted by atomic mass is 16.5. The van der Waals surface area contributed by atoms with Gasteiger partial charge in [0.1, 0.15) is 6.10 Å². The fourth-order valence-electron chi connectivity index (χ4n) is 3.34. The monoisotopic (exact) mass is 394 g/mol. The van der Waals surface area contributed by atoms with E-state index in [-0.39, 0.29) is 17.2 Å². The van der Waals surface area contributed by atoms with Gasteiger partial charge in [0.2, 0.25) is 0 Å². The van der Waals surface area contributed by atoms with Crippen molar-refractivity contribution in [2.24, 2.45) is 0 Å². The number of hydrogen-bond donors (Lipinski definition) is 2. The smallest absolute Gasteiger partial charge is 0.253 e. The second-order valence-corrected chi connectivity index (χ2v) is 8.52. The normalized spacial score (nSPS) is 16.4. The van der Waals surface area contributed by atoms with E-state index in [1.165, 1.54) is 11.1 Å². The van der Waals surface area contributed by atoms with Crippen LogP contribution in [0, 0.1) is 0 Å². The molecule has 1 atom stereocenters. The molecule has 1 fully saturated rings. The molecule has 2 amide bonds. The van der Waals surface area contributed by atoms with Crippen LogP contribution in [0.3, 0.4) is 0 Å². The number of carbonyl (C=O) groups is 2. The van der Waals surface area contributed by atoms with Gasteiger partial charge >= 0.3 is 0 Å². The second kappa shape index (κ2) is 9.23. The summed E-state index contributed by atoms with van der Waals surface area (Å²) in [5.41, 5.74) is 3.76. The number of rotatable bonds is 6. The van der Waals surface area contributed by atoms with Gasteiger partial charge in [-0.2, -0.15) is 0 Å². The Kier molecular flexibility index (Phi) is 6.70. The van der Waals surface area contributed by atoms with Crippen molar-refractivity contribution in [3.05, 3.63) is 65.2 Å². The highest BCUT2D eigenvalue weighted by Gasteiger charge is 2.23. The molecule has 1 saturated heterocycles. The molecule has 3 rings (SSSR count). The lowest BCUT2D eigenvalue weighted by Crippen LogP contribution is -2.28. The Labute approximate surface area is 172 Å². The van der Waals surface area contributed by atoms with Gasteiger partial charge in [0.15, 0.2) is 0 Å². The molecular weight excluding hydrogens is 364 g/mol. The standard InChI is InChI=1S/C24H30N2O3/c1-24(2,3)19-11-9-17(10-12-19)13-14-25-22(27)18-6-4-7-20(16-18)26-23(28)21-8-5-15-29-21/h4,6-7,9-12,16,21H,5,8,13-15H2,1-3H3,(H,25,27)(H,26,28). The van der Waals surface area contributed by atoms with Gasteiger partial charge in [-0.05, 0) is 54.0 Å². The third kappa shape index (κ3) is 5.91. The average Bonchev–Trinajstić information content (AvgIpc) is 3.23. The van der Waals surface area contributed by atoms with Crippen LogP contribution in [-0.4, -0.2) is 31.1 Å². The topological polar surface area (TPSA) is 67.4 Å². The molecule has 1 heterocycles. The summed E-state index contributed by atoms with van der Waals surface area (Å²) in [5, 5.41) is 5.79. The van der Waals surface area contributed by atoms with Gasteiger partial charge in [0, 0.05) is 24.4 Å². The van der Waals surface area contributed by atoms with E-state index in [1.807, 2.05) is 0 Å². The Bertz CT molecular complexity index is 847. The van der Waals surface area contributed by atoms with Crippen LogP contribution >= 0.6 is 0 Å². The molecule has 1 aliphatic rings. The first-order valence-electron chi connectivity index (χ1n) is 10.2. The SMILES string of the molecule is CC(C)(C)c1ccc(CCNC(=O)c2cccc(NC(=O)C3CCCO3)c2)cc1. The van der Waals surface area contributed by atoms with Crippen molar-refractivity contribution in [3.63, 3.8) is 0 Å². The van der Waals surface area contributed by atoms with Gasteiger partial charge in [-0.15, -0.1) is 0 Å². The maximum atomic E-state index is 12.5. The first-order chi connectivity index (χ1) is 13.8. The Morgan fingerprint density at radius 1 is 1.10 bits per heavy atom. The Morgan fingerprint density at radius 3 is 2.52 bits per heavy atom. The van der Waals surface area contributed by atoms with E-state index in [0.717, 1.165) is 19.3 Å². The van der Waals surface area contributed by atoms with Gasteiger partial charge < -0.3 is 15.4 Å². The molecule has 5 heteroatoms. The third-order valence-electron chi connectivity index (χ3n) is 5.13. The summed E-state index contributed by atoms with van der Waals surface area (Å²) in [5.74, 6) is -0.303. The molecule has 2 N–H and O–H groups in total. The van der Waals surface area contributed by atoms with Crippen molar-refractivity contribution < 1.29 is 14.3 Å². The maximum Gasteiger partial charge on any atom is 0.253 e. The second-order valence-electron chi connectivity index (χ2n) is 8.52. The zero-order valence-corrected chi connectivity index (χ0v) is 17.5. The number of hydrogen-bond acceptors (Lipinski definition) is 3. The van der Waals surface area contributed by atoms with Crippen molar-refractivity contribution >= 4 is 17.5 Å². The van der Waals surface area contributed by atoms with Gasteiger partial charge in [-0.25, -0.2) is 0 Å². The fraction of sp³-hybridized carbons (Fsp3) is 0.417. The first-order valence-corrected chi connectivity index (χ1v) is 10.2. The van der Waals surface area contributed by atoms with E-state index < -0.39 is 6.10 Å². The minimum Gasteiger partial charge on any atom is -0.368 e. The lowest BCUT2D eigenvalue weighted by Gasteiger charge is -2.19. The zero-order valence-electron chi connectivity index (χ0n) is 17.5. The molecule has 0 bridgehead atoms. The summed E-state index contributed by atoms with van der Waals surface area (Å²) in [7, 11) is 0. The van der Waals surface area contributed by atoms with E-state index in [9.17, 15) is 9.59 Å². The fourth-order valence-corrected chi connectivity index (χ4v) is 3.34. The van der Waals surface area contributed by atoms with Gasteiger partial charge in [-0.3, -0.25) is 9.59 Å². The Balaban J connectivity index is 1.51. The summed E-state index contributed by atoms with van der Waals surface area (Å²) in [6.45, 7) is 7.76. The molecule has 154 valence electrons. The maximum absolute atomic E-state index is 12.5. The minimum atomic E-state index is -0.392. The zero-order chi connectivity index (χ0) is 20.9. The van der Waals surface area contributed by atoms with Gasteiger partial charge in [0.25, 0.3) is 11.8 Å². The Morgan fingerprint density at radius 2 is 1.86 bits per heavy atom. The van der Waals surface area contributed by atoms with E-state index in [2.05, 4.69) is 55.7 Å². The molecule has 5 nitrogen and oxygen atoms in total. The molecule has 0 aromatic heterocycles. The van der Waals surface area contributed by atoms with Crippen LogP contribution in [0.25, 0.3) is 0 Å². The van der Waals surface area contributed by atoms with Crippen molar-refractivity contribution in [1.82, 2.24) is 5.32 Å². The summed E-state index contributed by atoms with van der Waals surface area (Å²) >= 11 is 0. The van der Waals surface area contributed by atoms with Gasteiger partial charge in [0.05, 0.1) is 0 Å². The molecule has 2 aromatic carbocycles. The number of ether oxygens (including phenoxy) is 1. The van der Waals surface area contributed by atoms with Crippen molar-refractivity contribution in [2.75, 3.05) is 18.5 Å². The van der Waals surface area contributed by atoms with E-state index in [1.54, 1.807) is 24.3 Å². The summed E-state index contributed by atoms with van der Waals surface area (Å²) in [6, 6.07) is 15.5. The highest BCUT2D eigenvalue weighted by Crippen LogP contribution is 2.22. The van der Waals surface area contributed by atoms with Crippen molar-refractivity contribution in [3.8, 4) is 0 Å². The molecular formula is C24H30N2O3. The van der Waals surface area contributed by atoms with Crippen LogP contribution in [0.4, 0.5) is 5.69 Å². The molecule has 2 aromatic rings. The van der Waals surface area contributed by atoms with E-state index in [4.69, 9.17) is 4.74 Å². The number of carbonyl (C=O) groups excluding carboxylic acids is 2. The largest absolute Gasteiger partial charge is 0.368 e. The highest BCUT2D eigenvalue weighted by molar-refractivity contribution is 5.98. The third-order valence-corrected chi connectivity index (χ3v) is 5.13. The van der Waals surface area contributed by atoms with Crippen LogP contribution in [0.2, 0.25) is 0 Å². The summed E-state index contributed by atoms with van der Waals surface area (Å²) < 4.78 is 5.39. The average molecular weight is 395 g/mol. The Hall–Kier alpha value is -2.66. The number of benzene rings is 2. The molecule has 1 unspecified atom stereocenters. The van der Waals surface area contributed by atoms with Crippen LogP contribution in [0.1, 0.15) is 55.1 Å². The van der Waals surface area contributed by atoms with Crippen molar-refractivity contribution in [1.29, 1.82) is 0 Å². The van der Waals surface area contributed by atoms with Crippen LogP contribution < -0.4 is 10.6 Å². The number of anilines is 1. The first kappa shape index (κ1) is 21.1. The number of nitrogens with one attached hydrogen (secondary N) is 2. The van der Waals surface area contributed by atoms with E-state index in [0.29, 0.717) is 24.4 Å². The van der Waals surface area contributed by atoms with Crippen LogP contribution in [-0.2, 0) is 21.4 Å².